The Bertz CT molecular complexity index is 1930. The molecule has 0 aromatic heterocycles. The van der Waals surface area contributed by atoms with E-state index < -0.39 is 20.8 Å². The number of hydrogen-bond donors (Lipinski definition) is 0. The van der Waals surface area contributed by atoms with E-state index in [0.29, 0.717) is 5.92 Å². The monoisotopic (exact) mass is 810 g/mol. The Hall–Kier alpha value is -2.22. The predicted octanol–water partition coefficient (Wildman–Crippen LogP) is 15.7. The molecule has 0 aliphatic rings. The molecule has 6 aromatic rings. The van der Waals surface area contributed by atoms with Crippen LogP contribution in [0.2, 0.25) is 13.1 Å². The third-order valence-corrected chi connectivity index (χ3v) is 9.30. The Morgan fingerprint density at radius 2 is 1.16 bits per heavy atom. The summed E-state index contributed by atoms with van der Waals surface area (Å²) in [4.78, 5) is 0. The molecule has 1 unspecified atom stereocenters. The van der Waals surface area contributed by atoms with Gasteiger partial charge in [0.05, 0.1) is 0 Å². The van der Waals surface area contributed by atoms with Crippen molar-refractivity contribution in [1.82, 2.24) is 0 Å². The number of hydrogen-bond acceptors (Lipinski definition) is 0. The van der Waals surface area contributed by atoms with Gasteiger partial charge in [-0.25, -0.2) is 0 Å². The average molecular weight is 813 g/mol. The van der Waals surface area contributed by atoms with Crippen LogP contribution in [0.3, 0.4) is 0 Å². The minimum atomic E-state index is -0.826. The van der Waals surface area contributed by atoms with E-state index in [1.54, 1.807) is 0 Å². The van der Waals surface area contributed by atoms with Crippen molar-refractivity contribution < 1.29 is 20.8 Å². The van der Waals surface area contributed by atoms with Crippen molar-refractivity contribution in [2.75, 3.05) is 0 Å². The van der Waals surface area contributed by atoms with Gasteiger partial charge in [-0.2, -0.15) is 12.1 Å². The molecule has 0 N–H and O–H groups in total. The fourth-order valence-electron chi connectivity index (χ4n) is 6.55. The Balaban J connectivity index is 0.000000240. The molecule has 0 nitrogen and oxygen atoms in total. The summed E-state index contributed by atoms with van der Waals surface area (Å²) in [7, 11) is 11.0. The fourth-order valence-corrected chi connectivity index (χ4v) is 6.55. The van der Waals surface area contributed by atoms with E-state index >= 15 is 0 Å². The molecule has 0 aliphatic carbocycles. The number of halogens is 2. The summed E-state index contributed by atoms with van der Waals surface area (Å²) < 4.78 is 0. The Morgan fingerprint density at radius 1 is 0.667 bits per heavy atom. The van der Waals surface area contributed by atoms with Crippen molar-refractivity contribution in [3.63, 3.8) is 0 Å². The van der Waals surface area contributed by atoms with Gasteiger partial charge >= 0.3 is 37.9 Å². The van der Waals surface area contributed by atoms with E-state index in [9.17, 15) is 0 Å². The van der Waals surface area contributed by atoms with Crippen LogP contribution in [0.15, 0.2) is 103 Å². The Labute approximate surface area is 331 Å². The summed E-state index contributed by atoms with van der Waals surface area (Å²) in [6.45, 7) is 26.8. The molecule has 4 heteroatoms. The average Bonchev–Trinajstić information content (AvgIpc) is 3.68. The summed E-state index contributed by atoms with van der Waals surface area (Å²) in [6.07, 6.45) is 2.50. The molecule has 0 aliphatic heterocycles. The molecule has 2 radical (unpaired) electrons. The van der Waals surface area contributed by atoms with Crippen LogP contribution in [0, 0.1) is 13.8 Å². The van der Waals surface area contributed by atoms with E-state index in [1.807, 2.05) is 0 Å². The fraction of sp³-hybridized carbons (Fsp3) is 0.362. The van der Waals surface area contributed by atoms with Crippen LogP contribution >= 0.6 is 17.0 Å². The summed E-state index contributed by atoms with van der Waals surface area (Å²) >= 11 is -0.826. The van der Waals surface area contributed by atoms with Gasteiger partial charge in [0.15, 0.2) is 0 Å². The van der Waals surface area contributed by atoms with Crippen molar-refractivity contribution >= 4 is 48.1 Å². The molecular formula is C47H58Cl2SiZr. The predicted molar refractivity (Wildman–Crippen MR) is 229 cm³/mol. The van der Waals surface area contributed by atoms with Crippen LogP contribution in [0.25, 0.3) is 43.8 Å². The van der Waals surface area contributed by atoms with Crippen LogP contribution in [0.1, 0.15) is 102 Å². The third kappa shape index (κ3) is 12.2. The molecule has 6 rings (SSSR count). The van der Waals surface area contributed by atoms with E-state index in [1.165, 1.54) is 84.5 Å². The normalized spacial score (nSPS) is 11.8. The van der Waals surface area contributed by atoms with Gasteiger partial charge in [0.2, 0.25) is 0 Å². The van der Waals surface area contributed by atoms with E-state index in [2.05, 4.69) is 185 Å². The number of fused-ring (bicyclic) bond motifs is 2. The van der Waals surface area contributed by atoms with Crippen molar-refractivity contribution in [1.29, 1.82) is 0 Å². The SMILES string of the molecule is CCCC(C)c1cc2c(-c3ccc(C(C)(C)C)cc3)cccc2[cH-]1.C[Si]C.Cc1cc(-c2ccc(C(C)(C)C)cc2)c2cc(C)[cH-]c2c1.[Cl][Zr+2][Cl]. The first-order chi connectivity index (χ1) is 24.1. The molecule has 1 atom stereocenters. The molecule has 0 saturated carbocycles. The van der Waals surface area contributed by atoms with Gasteiger partial charge in [0, 0.05) is 9.52 Å². The first-order valence-corrected chi connectivity index (χ1v) is 26.5. The molecule has 0 fully saturated rings. The molecular weight excluding hydrogens is 755 g/mol. The molecule has 51 heavy (non-hydrogen) atoms. The van der Waals surface area contributed by atoms with E-state index in [4.69, 9.17) is 17.0 Å². The van der Waals surface area contributed by atoms with Gasteiger partial charge in [-0.15, -0.1) is 63.0 Å². The van der Waals surface area contributed by atoms with Gasteiger partial charge in [0.25, 0.3) is 0 Å². The number of rotatable bonds is 5. The van der Waals surface area contributed by atoms with Crippen LogP contribution < -0.4 is 0 Å². The van der Waals surface area contributed by atoms with Crippen molar-refractivity contribution in [2.24, 2.45) is 0 Å². The number of benzene rings is 4. The molecule has 0 saturated heterocycles. The van der Waals surface area contributed by atoms with Gasteiger partial charge < -0.3 is 0 Å². The van der Waals surface area contributed by atoms with Crippen LogP contribution in [-0.4, -0.2) is 9.52 Å². The first kappa shape index (κ1) is 43.2. The van der Waals surface area contributed by atoms with Gasteiger partial charge in [-0.05, 0) is 52.3 Å². The van der Waals surface area contributed by atoms with Gasteiger partial charge in [-0.1, -0.05) is 159 Å². The van der Waals surface area contributed by atoms with Crippen LogP contribution in [0.5, 0.6) is 0 Å². The maximum atomic E-state index is 4.93. The van der Waals surface area contributed by atoms with Crippen molar-refractivity contribution in [2.45, 2.75) is 112 Å². The Kier molecular flexibility index (Phi) is 16.7. The van der Waals surface area contributed by atoms with E-state index in [-0.39, 0.29) is 10.8 Å². The molecule has 6 aromatic carbocycles. The topological polar surface area (TPSA) is 0 Å². The maximum absolute atomic E-state index is 4.93. The van der Waals surface area contributed by atoms with Gasteiger partial charge in [0.1, 0.15) is 0 Å². The minimum absolute atomic E-state index is 0.202. The molecule has 0 bridgehead atoms. The molecule has 0 spiro atoms. The van der Waals surface area contributed by atoms with Crippen LogP contribution in [-0.2, 0) is 31.7 Å². The summed E-state index contributed by atoms with van der Waals surface area (Å²) in [6, 6.07) is 38.7. The summed E-state index contributed by atoms with van der Waals surface area (Å²) in [5.74, 6) is 0.638. The summed E-state index contributed by atoms with van der Waals surface area (Å²) in [5, 5.41) is 5.47. The second-order valence-corrected chi connectivity index (χ2v) is 20.6. The standard InChI is InChI=1S/C24H29.C21H23.C2H6Si.2ClH.Zr/c1-6-8-17(2)20-15-19-9-7-10-22(23(19)16-20)18-11-13-21(14-12-18)24(3,4)5;1-14-10-17-11-15(2)13-20(17)19(12-14)16-6-8-18(9-7-16)21(3,4)5;1-3-2;;;/h7,9-17H,6,8H2,1-5H3;6-13H,1-5H3;1-2H3;2*1H;/q2*-1;;;;+4/p-2. The van der Waals surface area contributed by atoms with Crippen LogP contribution in [0.4, 0.5) is 0 Å². The zero-order valence-corrected chi connectivity index (χ0v) is 38.0. The van der Waals surface area contributed by atoms with Crippen molar-refractivity contribution in [3.05, 3.63) is 131 Å². The zero-order valence-electron chi connectivity index (χ0n) is 33.1. The molecule has 268 valence electrons. The van der Waals surface area contributed by atoms with Crippen molar-refractivity contribution in [3.8, 4) is 22.3 Å². The second kappa shape index (κ2) is 19.7. The second-order valence-electron chi connectivity index (χ2n) is 15.9. The third-order valence-electron chi connectivity index (χ3n) is 9.30. The van der Waals surface area contributed by atoms with E-state index in [0.717, 1.165) is 9.52 Å². The molecule has 0 heterocycles. The summed E-state index contributed by atoms with van der Waals surface area (Å²) in [5.41, 5.74) is 12.6. The Morgan fingerprint density at radius 3 is 1.65 bits per heavy atom. The quantitative estimate of drug-likeness (QED) is 0.120. The molecule has 0 amide bonds. The number of aryl methyl sites for hydroxylation is 2. The first-order valence-electron chi connectivity index (χ1n) is 18.2. The zero-order chi connectivity index (χ0) is 37.9. The van der Waals surface area contributed by atoms with Gasteiger partial charge in [-0.3, -0.25) is 0 Å².